The molecule has 0 spiro atoms. The molecule has 3 unspecified atom stereocenters. The first kappa shape index (κ1) is 17.8. The van der Waals surface area contributed by atoms with Crippen molar-refractivity contribution >= 4 is 6.03 Å². The van der Waals surface area contributed by atoms with Gasteiger partial charge in [-0.1, -0.05) is 37.1 Å². The Morgan fingerprint density at radius 2 is 2.04 bits per heavy atom. The summed E-state index contributed by atoms with van der Waals surface area (Å²) >= 11 is 0. The van der Waals surface area contributed by atoms with E-state index in [1.165, 1.54) is 11.1 Å². The molecule has 0 radical (unpaired) electrons. The average Bonchev–Trinajstić information content (AvgIpc) is 2.51. The van der Waals surface area contributed by atoms with Gasteiger partial charge in [-0.05, 0) is 44.2 Å². The summed E-state index contributed by atoms with van der Waals surface area (Å²) in [5, 5.41) is 13.1. The summed E-state index contributed by atoms with van der Waals surface area (Å²) in [5.74, 6) is 0.214. The second kappa shape index (κ2) is 8.34. The number of hydrogen-bond donors (Lipinski definition) is 2. The standard InChI is InChI=1S/C19H30N2O2/c1-14-8-4-5-9-16(14)12-15(2)20-19(23)21(3)13-17-10-6-7-11-18(17)22/h4-5,8-9,15,17-18,22H,6-7,10-13H2,1-3H3,(H,20,23). The first-order valence-electron chi connectivity index (χ1n) is 8.71. The summed E-state index contributed by atoms with van der Waals surface area (Å²) in [4.78, 5) is 14.1. The monoisotopic (exact) mass is 318 g/mol. The molecule has 0 heterocycles. The van der Waals surface area contributed by atoms with E-state index in [1.807, 2.05) is 26.1 Å². The molecule has 1 aliphatic rings. The molecule has 2 rings (SSSR count). The second-order valence-corrected chi connectivity index (χ2v) is 6.97. The van der Waals surface area contributed by atoms with Crippen molar-refractivity contribution < 1.29 is 9.90 Å². The minimum atomic E-state index is -0.261. The van der Waals surface area contributed by atoms with Gasteiger partial charge >= 0.3 is 6.03 Å². The topological polar surface area (TPSA) is 52.6 Å². The van der Waals surface area contributed by atoms with Crippen LogP contribution in [0.15, 0.2) is 24.3 Å². The molecule has 1 aromatic rings. The van der Waals surface area contributed by atoms with E-state index in [0.29, 0.717) is 6.54 Å². The fourth-order valence-corrected chi connectivity index (χ4v) is 3.38. The van der Waals surface area contributed by atoms with Crippen LogP contribution in [0.4, 0.5) is 4.79 Å². The molecule has 4 nitrogen and oxygen atoms in total. The number of amides is 2. The lowest BCUT2D eigenvalue weighted by molar-refractivity contribution is 0.0563. The van der Waals surface area contributed by atoms with Gasteiger partial charge in [-0.25, -0.2) is 4.79 Å². The van der Waals surface area contributed by atoms with Gasteiger partial charge in [-0.2, -0.15) is 0 Å². The lowest BCUT2D eigenvalue weighted by Crippen LogP contribution is -2.46. The number of hydrogen-bond acceptors (Lipinski definition) is 2. The fraction of sp³-hybridized carbons (Fsp3) is 0.632. The highest BCUT2D eigenvalue weighted by Gasteiger charge is 2.25. The molecule has 1 aliphatic carbocycles. The zero-order valence-electron chi connectivity index (χ0n) is 14.6. The van der Waals surface area contributed by atoms with Gasteiger partial charge in [0.2, 0.25) is 0 Å². The SMILES string of the molecule is Cc1ccccc1CC(C)NC(=O)N(C)CC1CCCCC1O. The Labute approximate surface area is 139 Å². The maximum Gasteiger partial charge on any atom is 0.317 e. The third-order valence-corrected chi connectivity index (χ3v) is 4.88. The Morgan fingerprint density at radius 1 is 1.35 bits per heavy atom. The predicted octanol–water partition coefficient (Wildman–Crippen LogP) is 3.12. The van der Waals surface area contributed by atoms with Gasteiger partial charge in [0.15, 0.2) is 0 Å². The lowest BCUT2D eigenvalue weighted by atomic mass is 9.86. The van der Waals surface area contributed by atoms with Crippen molar-refractivity contribution in [3.63, 3.8) is 0 Å². The van der Waals surface area contributed by atoms with Gasteiger partial charge in [0.05, 0.1) is 6.10 Å². The van der Waals surface area contributed by atoms with Crippen LogP contribution in [0.25, 0.3) is 0 Å². The van der Waals surface area contributed by atoms with Crippen molar-refractivity contribution in [1.82, 2.24) is 10.2 Å². The van der Waals surface area contributed by atoms with Crippen LogP contribution in [0, 0.1) is 12.8 Å². The Hall–Kier alpha value is -1.55. The van der Waals surface area contributed by atoms with Crippen LogP contribution in [-0.4, -0.2) is 41.8 Å². The van der Waals surface area contributed by atoms with Crippen LogP contribution in [0.2, 0.25) is 0 Å². The number of urea groups is 1. The van der Waals surface area contributed by atoms with E-state index >= 15 is 0 Å². The molecule has 1 aromatic carbocycles. The Bertz CT molecular complexity index is 518. The summed E-state index contributed by atoms with van der Waals surface area (Å²) in [6.45, 7) is 4.76. The van der Waals surface area contributed by atoms with Crippen molar-refractivity contribution in [2.24, 2.45) is 5.92 Å². The smallest absolute Gasteiger partial charge is 0.317 e. The van der Waals surface area contributed by atoms with Gasteiger partial charge in [0, 0.05) is 25.6 Å². The summed E-state index contributed by atoms with van der Waals surface area (Å²) in [6.07, 6.45) is 4.70. The minimum Gasteiger partial charge on any atom is -0.393 e. The highest BCUT2D eigenvalue weighted by molar-refractivity contribution is 5.74. The molecule has 128 valence electrons. The van der Waals surface area contributed by atoms with Crippen molar-refractivity contribution in [3.05, 3.63) is 35.4 Å². The minimum absolute atomic E-state index is 0.0520. The molecule has 0 saturated heterocycles. The van der Waals surface area contributed by atoms with Gasteiger partial charge in [-0.15, -0.1) is 0 Å². The summed E-state index contributed by atoms with van der Waals surface area (Å²) in [5.41, 5.74) is 2.53. The maximum absolute atomic E-state index is 12.3. The number of benzene rings is 1. The molecule has 1 fully saturated rings. The largest absolute Gasteiger partial charge is 0.393 e. The third-order valence-electron chi connectivity index (χ3n) is 4.88. The lowest BCUT2D eigenvalue weighted by Gasteiger charge is -2.31. The Balaban J connectivity index is 1.81. The zero-order chi connectivity index (χ0) is 16.8. The van der Waals surface area contributed by atoms with E-state index in [9.17, 15) is 9.90 Å². The van der Waals surface area contributed by atoms with Crippen LogP contribution >= 0.6 is 0 Å². The van der Waals surface area contributed by atoms with Crippen LogP contribution in [0.3, 0.4) is 0 Å². The number of carbonyl (C=O) groups excluding carboxylic acids is 1. The third kappa shape index (κ3) is 5.24. The van der Waals surface area contributed by atoms with E-state index in [-0.39, 0.29) is 24.1 Å². The van der Waals surface area contributed by atoms with Crippen LogP contribution < -0.4 is 5.32 Å². The number of rotatable bonds is 5. The molecule has 4 heteroatoms. The molecule has 0 aliphatic heterocycles. The number of aliphatic hydroxyl groups excluding tert-OH is 1. The molecular formula is C19H30N2O2. The summed E-state index contributed by atoms with van der Waals surface area (Å²) in [7, 11) is 1.82. The Kier molecular flexibility index (Phi) is 6.46. The van der Waals surface area contributed by atoms with E-state index in [4.69, 9.17) is 0 Å². The van der Waals surface area contributed by atoms with E-state index in [2.05, 4.69) is 24.4 Å². The molecule has 2 amide bonds. The number of nitrogens with zero attached hydrogens (tertiary/aromatic N) is 1. The molecular weight excluding hydrogens is 288 g/mol. The maximum atomic E-state index is 12.3. The summed E-state index contributed by atoms with van der Waals surface area (Å²) in [6, 6.07) is 8.31. The molecule has 0 aromatic heterocycles. The first-order chi connectivity index (χ1) is 11.0. The normalized spacial score (nSPS) is 22.4. The predicted molar refractivity (Wildman–Crippen MR) is 93.5 cm³/mol. The average molecular weight is 318 g/mol. The number of carbonyl (C=O) groups is 1. The van der Waals surface area contributed by atoms with Crippen LogP contribution in [-0.2, 0) is 6.42 Å². The number of nitrogens with one attached hydrogen (secondary N) is 1. The number of aryl methyl sites for hydroxylation is 1. The van der Waals surface area contributed by atoms with Gasteiger partial charge < -0.3 is 15.3 Å². The molecule has 1 saturated carbocycles. The highest BCUT2D eigenvalue weighted by Crippen LogP contribution is 2.24. The van der Waals surface area contributed by atoms with Crippen molar-refractivity contribution in [2.45, 2.75) is 58.1 Å². The highest BCUT2D eigenvalue weighted by atomic mass is 16.3. The van der Waals surface area contributed by atoms with Crippen molar-refractivity contribution in [3.8, 4) is 0 Å². The Morgan fingerprint density at radius 3 is 2.74 bits per heavy atom. The van der Waals surface area contributed by atoms with Crippen LogP contribution in [0.5, 0.6) is 0 Å². The second-order valence-electron chi connectivity index (χ2n) is 6.97. The fourth-order valence-electron chi connectivity index (χ4n) is 3.38. The first-order valence-corrected chi connectivity index (χ1v) is 8.71. The summed E-state index contributed by atoms with van der Waals surface area (Å²) < 4.78 is 0. The van der Waals surface area contributed by atoms with Crippen molar-refractivity contribution in [1.29, 1.82) is 0 Å². The van der Waals surface area contributed by atoms with Gasteiger partial charge in [0.1, 0.15) is 0 Å². The van der Waals surface area contributed by atoms with E-state index in [1.54, 1.807) is 4.90 Å². The van der Waals surface area contributed by atoms with E-state index in [0.717, 1.165) is 32.1 Å². The van der Waals surface area contributed by atoms with Crippen LogP contribution in [0.1, 0.15) is 43.7 Å². The number of aliphatic hydroxyl groups is 1. The van der Waals surface area contributed by atoms with Gasteiger partial charge in [-0.3, -0.25) is 0 Å². The molecule has 2 N–H and O–H groups in total. The van der Waals surface area contributed by atoms with E-state index < -0.39 is 0 Å². The van der Waals surface area contributed by atoms with Gasteiger partial charge in [0.25, 0.3) is 0 Å². The van der Waals surface area contributed by atoms with Crippen molar-refractivity contribution in [2.75, 3.05) is 13.6 Å². The molecule has 0 bridgehead atoms. The quantitative estimate of drug-likeness (QED) is 0.876. The zero-order valence-corrected chi connectivity index (χ0v) is 14.6. The molecule has 3 atom stereocenters. The molecule has 23 heavy (non-hydrogen) atoms.